The molecule has 0 radical (unpaired) electrons. The van der Waals surface area contributed by atoms with Gasteiger partial charge in [0.2, 0.25) is 0 Å². The molecule has 5 heteroatoms. The first-order chi connectivity index (χ1) is 12.0. The average molecular weight is 342 g/mol. The van der Waals surface area contributed by atoms with Crippen molar-refractivity contribution in [2.45, 2.75) is 18.9 Å². The van der Waals surface area contributed by atoms with Crippen LogP contribution in [0.1, 0.15) is 22.3 Å². The molecule has 0 spiro atoms. The lowest BCUT2D eigenvalue weighted by molar-refractivity contribution is 0.0649. The fraction of sp³-hybridized carbons (Fsp3) is 0.350. The zero-order valence-electron chi connectivity index (χ0n) is 14.3. The van der Waals surface area contributed by atoms with Crippen molar-refractivity contribution in [2.24, 2.45) is 11.7 Å². The number of benzene rings is 2. The molecule has 2 atom stereocenters. The van der Waals surface area contributed by atoms with Crippen LogP contribution in [0.2, 0.25) is 0 Å². The lowest BCUT2D eigenvalue weighted by Crippen LogP contribution is -2.49. The largest absolute Gasteiger partial charge is 0.497 e. The smallest absolute Gasteiger partial charge is 0.253 e. The lowest BCUT2D eigenvalue weighted by Gasteiger charge is -2.36. The molecule has 0 aliphatic carbocycles. The van der Waals surface area contributed by atoms with Crippen molar-refractivity contribution in [3.63, 3.8) is 0 Å². The Morgan fingerprint density at radius 1 is 1.16 bits per heavy atom. The fourth-order valence-corrected chi connectivity index (χ4v) is 3.43. The number of carbonyl (C=O) groups excluding carboxylic acids is 1. The van der Waals surface area contributed by atoms with Crippen LogP contribution in [0.5, 0.6) is 5.75 Å². The zero-order chi connectivity index (χ0) is 17.8. The van der Waals surface area contributed by atoms with E-state index in [-0.39, 0.29) is 17.8 Å². The molecule has 4 nitrogen and oxygen atoms in total. The maximum absolute atomic E-state index is 13.1. The predicted molar refractivity (Wildman–Crippen MR) is 95.1 cm³/mol. The van der Waals surface area contributed by atoms with E-state index in [9.17, 15) is 9.18 Å². The van der Waals surface area contributed by atoms with Crippen LogP contribution < -0.4 is 10.5 Å². The minimum Gasteiger partial charge on any atom is -0.497 e. The minimum absolute atomic E-state index is 0.0404. The van der Waals surface area contributed by atoms with Gasteiger partial charge in [-0.1, -0.05) is 12.1 Å². The first-order valence-electron chi connectivity index (χ1n) is 8.48. The van der Waals surface area contributed by atoms with Gasteiger partial charge in [0.05, 0.1) is 7.11 Å². The van der Waals surface area contributed by atoms with Gasteiger partial charge in [-0.3, -0.25) is 4.79 Å². The highest BCUT2D eigenvalue weighted by atomic mass is 19.1. The molecule has 0 bridgehead atoms. The maximum Gasteiger partial charge on any atom is 0.253 e. The quantitative estimate of drug-likeness (QED) is 0.929. The van der Waals surface area contributed by atoms with Crippen molar-refractivity contribution in [1.82, 2.24) is 4.90 Å². The van der Waals surface area contributed by atoms with E-state index in [0.717, 1.165) is 18.6 Å². The topological polar surface area (TPSA) is 55.6 Å². The number of nitrogens with zero attached hydrogens (tertiary/aromatic N) is 1. The van der Waals surface area contributed by atoms with Gasteiger partial charge in [0.15, 0.2) is 0 Å². The third-order valence-electron chi connectivity index (χ3n) is 4.63. The molecular formula is C20H23FN2O2. The number of amides is 1. The molecule has 0 aromatic heterocycles. The molecule has 0 saturated carbocycles. The van der Waals surface area contributed by atoms with E-state index in [0.29, 0.717) is 24.6 Å². The number of rotatable bonds is 4. The summed E-state index contributed by atoms with van der Waals surface area (Å²) in [5.74, 6) is 0.706. The number of nitrogens with two attached hydrogens (primary N) is 1. The normalized spacial score (nSPS) is 20.4. The highest BCUT2D eigenvalue weighted by molar-refractivity contribution is 5.94. The predicted octanol–water partition coefficient (Wildman–Crippen LogP) is 2.87. The third kappa shape index (κ3) is 4.37. The van der Waals surface area contributed by atoms with E-state index in [2.05, 4.69) is 0 Å². The fourth-order valence-electron chi connectivity index (χ4n) is 3.43. The standard InChI is InChI=1S/C20H23FN2O2/c1-25-19-8-2-14(3-9-19)10-15-11-18(22)13-23(12-15)20(24)16-4-6-17(21)7-5-16/h2-9,15,18H,10-13,22H2,1H3. The van der Waals surface area contributed by atoms with Gasteiger partial charge in [0.1, 0.15) is 11.6 Å². The van der Waals surface area contributed by atoms with Gasteiger partial charge in [-0.15, -0.1) is 0 Å². The first-order valence-corrected chi connectivity index (χ1v) is 8.48. The molecule has 2 N–H and O–H groups in total. The van der Waals surface area contributed by atoms with Crippen LogP contribution >= 0.6 is 0 Å². The Bertz CT molecular complexity index is 715. The summed E-state index contributed by atoms with van der Waals surface area (Å²) in [6.07, 6.45) is 1.75. The lowest BCUT2D eigenvalue weighted by atomic mass is 9.88. The highest BCUT2D eigenvalue weighted by Crippen LogP contribution is 2.23. The van der Waals surface area contributed by atoms with Crippen molar-refractivity contribution in [3.8, 4) is 5.75 Å². The number of hydrogen-bond donors (Lipinski definition) is 1. The molecule has 25 heavy (non-hydrogen) atoms. The van der Waals surface area contributed by atoms with Crippen LogP contribution in [0, 0.1) is 11.7 Å². The van der Waals surface area contributed by atoms with Gasteiger partial charge in [0.25, 0.3) is 5.91 Å². The van der Waals surface area contributed by atoms with E-state index in [1.807, 2.05) is 24.3 Å². The third-order valence-corrected chi connectivity index (χ3v) is 4.63. The van der Waals surface area contributed by atoms with Crippen molar-refractivity contribution in [3.05, 3.63) is 65.5 Å². The van der Waals surface area contributed by atoms with Gasteiger partial charge in [0, 0.05) is 24.7 Å². The number of hydrogen-bond acceptors (Lipinski definition) is 3. The summed E-state index contributed by atoms with van der Waals surface area (Å²) < 4.78 is 18.2. The summed E-state index contributed by atoms with van der Waals surface area (Å²) in [5.41, 5.74) is 7.88. The minimum atomic E-state index is -0.343. The number of ether oxygens (including phenoxy) is 1. The SMILES string of the molecule is COc1ccc(CC2CC(N)CN(C(=O)c3ccc(F)cc3)C2)cc1. The number of piperidine rings is 1. The summed E-state index contributed by atoms with van der Waals surface area (Å²) in [6.45, 7) is 1.20. The molecule has 1 amide bonds. The molecule has 1 aliphatic rings. The second-order valence-corrected chi connectivity index (χ2v) is 6.63. The molecule has 1 saturated heterocycles. The van der Waals surface area contributed by atoms with E-state index < -0.39 is 0 Å². The van der Waals surface area contributed by atoms with E-state index in [4.69, 9.17) is 10.5 Å². The van der Waals surface area contributed by atoms with Crippen molar-refractivity contribution < 1.29 is 13.9 Å². The summed E-state index contributed by atoms with van der Waals surface area (Å²) in [4.78, 5) is 14.5. The Balaban J connectivity index is 1.68. The van der Waals surface area contributed by atoms with Gasteiger partial charge in [-0.25, -0.2) is 4.39 Å². The molecule has 1 heterocycles. The second-order valence-electron chi connectivity index (χ2n) is 6.63. The van der Waals surface area contributed by atoms with Crippen LogP contribution in [0.15, 0.2) is 48.5 Å². The number of likely N-dealkylation sites (tertiary alicyclic amines) is 1. The van der Waals surface area contributed by atoms with E-state index in [1.54, 1.807) is 12.0 Å². The summed E-state index contributed by atoms with van der Waals surface area (Å²) >= 11 is 0. The van der Waals surface area contributed by atoms with Crippen molar-refractivity contribution in [2.75, 3.05) is 20.2 Å². The molecule has 3 rings (SSSR count). The average Bonchev–Trinajstić information content (AvgIpc) is 2.62. The Hall–Kier alpha value is -2.40. The molecule has 2 aromatic carbocycles. The van der Waals surface area contributed by atoms with Crippen LogP contribution in [-0.2, 0) is 6.42 Å². The van der Waals surface area contributed by atoms with E-state index >= 15 is 0 Å². The molecule has 1 fully saturated rings. The number of methoxy groups -OCH3 is 1. The van der Waals surface area contributed by atoms with Crippen molar-refractivity contribution >= 4 is 5.91 Å². The Labute approximate surface area is 147 Å². The molecular weight excluding hydrogens is 319 g/mol. The second kappa shape index (κ2) is 7.66. The van der Waals surface area contributed by atoms with Crippen LogP contribution in [0.3, 0.4) is 0 Å². The van der Waals surface area contributed by atoms with Crippen LogP contribution in [0.4, 0.5) is 4.39 Å². The first kappa shape index (κ1) is 17.4. The van der Waals surface area contributed by atoms with Gasteiger partial charge >= 0.3 is 0 Å². The number of carbonyl (C=O) groups is 1. The Morgan fingerprint density at radius 3 is 2.48 bits per heavy atom. The van der Waals surface area contributed by atoms with Crippen LogP contribution in [-0.4, -0.2) is 37.0 Å². The molecule has 1 aliphatic heterocycles. The summed E-state index contributed by atoms with van der Waals surface area (Å²) in [6, 6.07) is 13.6. The Kier molecular flexibility index (Phi) is 5.34. The monoisotopic (exact) mass is 342 g/mol. The van der Waals surface area contributed by atoms with E-state index in [1.165, 1.54) is 29.8 Å². The van der Waals surface area contributed by atoms with Crippen LogP contribution in [0.25, 0.3) is 0 Å². The molecule has 132 valence electrons. The number of halogens is 1. The zero-order valence-corrected chi connectivity index (χ0v) is 14.3. The van der Waals surface area contributed by atoms with Crippen molar-refractivity contribution in [1.29, 1.82) is 0 Å². The summed E-state index contributed by atoms with van der Waals surface area (Å²) in [7, 11) is 1.65. The molecule has 2 unspecified atom stereocenters. The highest BCUT2D eigenvalue weighted by Gasteiger charge is 2.28. The summed E-state index contributed by atoms with van der Waals surface area (Å²) in [5, 5.41) is 0. The molecule has 2 aromatic rings. The Morgan fingerprint density at radius 2 is 1.84 bits per heavy atom. The maximum atomic E-state index is 13.1. The van der Waals surface area contributed by atoms with Gasteiger partial charge in [-0.2, -0.15) is 0 Å². The van der Waals surface area contributed by atoms with Gasteiger partial charge < -0.3 is 15.4 Å². The van der Waals surface area contributed by atoms with Gasteiger partial charge in [-0.05, 0) is 60.7 Å².